The Bertz CT molecular complexity index is 2770. The normalized spacial score (nSPS) is 11.1. The van der Waals surface area contributed by atoms with Crippen LogP contribution in [-0.2, 0) is 20.0 Å². The van der Waals surface area contributed by atoms with Gasteiger partial charge in [-0.25, -0.2) is 26.8 Å². The SMILES string of the molecule is CNC(=O)c1c(-c2ccnc(OC)c2)oc2cc(N(C)S(C)(=O)=O)c(Br)cc12.CNC(=O)c1c(I)oc2cc(N(C)S(C)(=O)=O)c(Br)cc12.COc1cc(O[B]O)ccn1. The summed E-state index contributed by atoms with van der Waals surface area (Å²) in [5, 5.41) is 14.6. The number of ether oxygens (including phenoxy) is 2. The van der Waals surface area contributed by atoms with E-state index in [9.17, 15) is 26.4 Å². The predicted octanol–water partition coefficient (Wildman–Crippen LogP) is 5.57. The number of fused-ring (bicyclic) bond motifs is 2. The van der Waals surface area contributed by atoms with Gasteiger partial charge in [-0.3, -0.25) is 18.2 Å². The molecule has 0 fully saturated rings. The van der Waals surface area contributed by atoms with Gasteiger partial charge in [-0.2, -0.15) is 0 Å². The van der Waals surface area contributed by atoms with Crippen molar-refractivity contribution in [2.45, 2.75) is 0 Å². The van der Waals surface area contributed by atoms with Gasteiger partial charge in [-0.1, -0.05) is 0 Å². The molecule has 0 spiro atoms. The first-order chi connectivity index (χ1) is 28.2. The fourth-order valence-electron chi connectivity index (χ4n) is 5.21. The second-order valence-electron chi connectivity index (χ2n) is 12.1. The number of nitrogens with zero attached hydrogens (tertiary/aromatic N) is 4. The quantitative estimate of drug-likeness (QED) is 0.106. The summed E-state index contributed by atoms with van der Waals surface area (Å²) in [6.07, 6.45) is 5.30. The van der Waals surface area contributed by atoms with Gasteiger partial charge in [0.05, 0.1) is 49.2 Å². The van der Waals surface area contributed by atoms with Gasteiger partial charge in [0.1, 0.15) is 22.7 Å². The second kappa shape index (κ2) is 20.3. The highest BCUT2D eigenvalue weighted by molar-refractivity contribution is 14.1. The Labute approximate surface area is 376 Å². The maximum Gasteiger partial charge on any atom is 0.569 e. The molecular formula is C36H37BBr2IN6O12S2. The van der Waals surface area contributed by atoms with Crippen molar-refractivity contribution in [1.29, 1.82) is 0 Å². The molecule has 4 aromatic heterocycles. The van der Waals surface area contributed by atoms with Gasteiger partial charge < -0.3 is 38.6 Å². The number of halogens is 3. The standard InChI is InChI=1S/C18H18BrN3O5S.C12H12BrIN2O4S.C6H7BNO3/c1-20-18(23)16-11-8-12(19)13(22(2)28(4,24)25)9-14(11)27-17(16)10-5-6-21-15(7-10)26-3;1-15-12(17)10-6-4-7(13)8(16(2)21(3,18)19)5-9(6)20-11(10)14;1-10-6-4-5(11-7-9)2-3-8-6/h5-9H,1-4H3,(H,20,23);4-5H,1-3H3,(H,15,17);2-4,9H,1H3. The van der Waals surface area contributed by atoms with E-state index in [-0.39, 0.29) is 11.8 Å². The number of hydrogen-bond donors (Lipinski definition) is 3. The molecule has 0 saturated carbocycles. The van der Waals surface area contributed by atoms with E-state index >= 15 is 0 Å². The molecule has 3 N–H and O–H groups in total. The lowest BCUT2D eigenvalue weighted by molar-refractivity contribution is 0.0955. The van der Waals surface area contributed by atoms with Gasteiger partial charge in [0.15, 0.2) is 3.77 Å². The van der Waals surface area contributed by atoms with Crippen LogP contribution >= 0.6 is 54.5 Å². The molecule has 2 amide bonds. The maximum absolute atomic E-state index is 12.6. The number of carbonyl (C=O) groups is 2. The van der Waals surface area contributed by atoms with Gasteiger partial charge >= 0.3 is 7.69 Å². The number of aromatic nitrogens is 2. The van der Waals surface area contributed by atoms with Gasteiger partial charge in [0.2, 0.25) is 31.8 Å². The molecule has 0 aliphatic heterocycles. The fourth-order valence-corrected chi connectivity index (χ4v) is 8.45. The lowest BCUT2D eigenvalue weighted by atomic mass is 10.1. The number of hydrogen-bond acceptors (Lipinski definition) is 14. The molecule has 60 heavy (non-hydrogen) atoms. The van der Waals surface area contributed by atoms with Crippen LogP contribution in [0.1, 0.15) is 20.7 Å². The van der Waals surface area contributed by atoms with Gasteiger partial charge in [0.25, 0.3) is 11.8 Å². The Morgan fingerprint density at radius 3 is 1.72 bits per heavy atom. The van der Waals surface area contributed by atoms with Gasteiger partial charge in [-0.15, -0.1) is 0 Å². The summed E-state index contributed by atoms with van der Waals surface area (Å²) in [5.41, 5.74) is 3.03. The molecule has 18 nitrogen and oxygen atoms in total. The molecule has 0 unspecified atom stereocenters. The number of methoxy groups -OCH3 is 2. The van der Waals surface area contributed by atoms with Crippen molar-refractivity contribution in [3.63, 3.8) is 0 Å². The summed E-state index contributed by atoms with van der Waals surface area (Å²) < 4.78 is 77.1. The molecule has 319 valence electrons. The van der Waals surface area contributed by atoms with Gasteiger partial charge in [0, 0.05) is 113 Å². The lowest BCUT2D eigenvalue weighted by Crippen LogP contribution is -2.25. The average molecular weight is 1110 g/mol. The molecule has 6 rings (SSSR count). The van der Waals surface area contributed by atoms with E-state index in [4.69, 9.17) is 23.3 Å². The first kappa shape index (κ1) is 48.0. The highest BCUT2D eigenvalue weighted by Crippen LogP contribution is 2.40. The highest BCUT2D eigenvalue weighted by Gasteiger charge is 2.26. The van der Waals surface area contributed by atoms with Crippen molar-refractivity contribution in [1.82, 2.24) is 20.6 Å². The Kier molecular flexibility index (Phi) is 16.2. The minimum absolute atomic E-state index is 0.255. The Hall–Kier alpha value is -4.63. The van der Waals surface area contributed by atoms with E-state index in [0.717, 1.165) is 21.1 Å². The molecule has 24 heteroatoms. The topological polar surface area (TPSA) is 233 Å². The molecule has 0 atom stereocenters. The second-order valence-corrected chi connectivity index (χ2v) is 18.8. The summed E-state index contributed by atoms with van der Waals surface area (Å²) >= 11 is 8.67. The minimum atomic E-state index is -3.47. The smallest absolute Gasteiger partial charge is 0.537 e. The average Bonchev–Trinajstić information content (AvgIpc) is 3.74. The molecule has 2 aromatic carbocycles. The number of pyridine rings is 2. The van der Waals surface area contributed by atoms with E-state index < -0.39 is 20.0 Å². The number of furan rings is 2. The van der Waals surface area contributed by atoms with Crippen LogP contribution < -0.4 is 33.4 Å². The summed E-state index contributed by atoms with van der Waals surface area (Å²) in [7, 11) is 2.71. The number of amides is 2. The molecule has 6 aromatic rings. The largest absolute Gasteiger partial charge is 0.569 e. The van der Waals surface area contributed by atoms with Crippen LogP contribution in [0.15, 0.2) is 78.7 Å². The number of rotatable bonds is 11. The maximum atomic E-state index is 12.6. The van der Waals surface area contributed by atoms with Crippen molar-refractivity contribution in [3.8, 4) is 28.8 Å². The molecule has 1 radical (unpaired) electrons. The highest BCUT2D eigenvalue weighted by atomic mass is 127. The van der Waals surface area contributed by atoms with Crippen LogP contribution in [0.25, 0.3) is 33.3 Å². The first-order valence-corrected chi connectivity index (χ1v) is 23.2. The zero-order valence-corrected chi connectivity index (χ0v) is 40.0. The fraction of sp³-hybridized carbons (Fsp3) is 0.222. The van der Waals surface area contributed by atoms with Crippen LogP contribution in [0.2, 0.25) is 0 Å². The molecule has 4 heterocycles. The number of sulfonamides is 2. The predicted molar refractivity (Wildman–Crippen MR) is 243 cm³/mol. The van der Waals surface area contributed by atoms with E-state index in [1.54, 1.807) is 54.7 Å². The third-order valence-corrected chi connectivity index (χ3v) is 12.8. The van der Waals surface area contributed by atoms with Crippen LogP contribution in [-0.4, -0.2) is 106 Å². The Morgan fingerprint density at radius 2 is 1.23 bits per heavy atom. The Morgan fingerprint density at radius 1 is 0.767 bits per heavy atom. The summed E-state index contributed by atoms with van der Waals surface area (Å²) in [6, 6.07) is 13.0. The zero-order chi connectivity index (χ0) is 44.7. The number of carbonyl (C=O) groups excluding carboxylic acids is 2. The van der Waals surface area contributed by atoms with Crippen molar-refractivity contribution in [3.05, 3.63) is 84.8 Å². The molecule has 0 saturated heterocycles. The number of nitrogens with one attached hydrogen (secondary N) is 2. The van der Waals surface area contributed by atoms with Crippen molar-refractivity contribution >= 4 is 127 Å². The number of anilines is 2. The number of benzene rings is 2. The van der Waals surface area contributed by atoms with Gasteiger partial charge in [-0.05, 0) is 56.1 Å². The van der Waals surface area contributed by atoms with E-state index in [1.807, 2.05) is 22.6 Å². The van der Waals surface area contributed by atoms with Crippen molar-refractivity contribution in [2.24, 2.45) is 0 Å². The zero-order valence-electron chi connectivity index (χ0n) is 33.0. The minimum Gasteiger partial charge on any atom is -0.537 e. The molecule has 0 aliphatic carbocycles. The molecular weight excluding hydrogens is 1070 g/mol. The van der Waals surface area contributed by atoms with E-state index in [2.05, 4.69) is 57.1 Å². The summed E-state index contributed by atoms with van der Waals surface area (Å²) in [6.45, 7) is 0. The summed E-state index contributed by atoms with van der Waals surface area (Å²) in [4.78, 5) is 32.4. The van der Waals surface area contributed by atoms with Crippen LogP contribution in [0.3, 0.4) is 0 Å². The van der Waals surface area contributed by atoms with Crippen molar-refractivity contribution in [2.75, 3.05) is 63.5 Å². The molecule has 0 bridgehead atoms. The van der Waals surface area contributed by atoms with Crippen LogP contribution in [0.4, 0.5) is 11.4 Å². The van der Waals surface area contributed by atoms with Crippen LogP contribution in [0, 0.1) is 3.77 Å². The monoisotopic (exact) mass is 1100 g/mol. The third kappa shape index (κ3) is 11.2. The van der Waals surface area contributed by atoms with E-state index in [1.165, 1.54) is 48.6 Å². The van der Waals surface area contributed by atoms with Crippen LogP contribution in [0.5, 0.6) is 17.5 Å². The summed E-state index contributed by atoms with van der Waals surface area (Å²) in [5.74, 6) is 1.05. The van der Waals surface area contributed by atoms with E-state index in [0.29, 0.717) is 93.7 Å². The lowest BCUT2D eigenvalue weighted by Gasteiger charge is -2.18. The Balaban J connectivity index is 0.000000217. The third-order valence-electron chi connectivity index (χ3n) is 8.36. The first-order valence-electron chi connectivity index (χ1n) is 16.8. The van der Waals surface area contributed by atoms with Crippen molar-refractivity contribution < 1.29 is 54.4 Å². The molecule has 0 aliphatic rings.